The molecule has 2 fully saturated rings. The van der Waals surface area contributed by atoms with Gasteiger partial charge in [-0.1, -0.05) is 0 Å². The minimum Gasteiger partial charge on any atom is -0.328 e. The minimum absolute atomic E-state index is 0.472. The quantitative estimate of drug-likeness (QED) is 0.812. The van der Waals surface area contributed by atoms with Crippen molar-refractivity contribution in [2.75, 3.05) is 34.2 Å². The molecule has 2 aliphatic rings. The summed E-state index contributed by atoms with van der Waals surface area (Å²) in [5.41, 5.74) is 6.45. The van der Waals surface area contributed by atoms with Crippen molar-refractivity contribution >= 4 is 0 Å². The highest BCUT2D eigenvalue weighted by Gasteiger charge is 2.40. The molecule has 18 heavy (non-hydrogen) atoms. The zero-order valence-electron chi connectivity index (χ0n) is 12.5. The number of rotatable bonds is 5. The van der Waals surface area contributed by atoms with E-state index in [2.05, 4.69) is 30.9 Å². The largest absolute Gasteiger partial charge is 0.328 e. The molecule has 0 heterocycles. The molecule has 2 rings (SSSR count). The summed E-state index contributed by atoms with van der Waals surface area (Å²) in [6.45, 7) is 2.50. The van der Waals surface area contributed by atoms with Crippen molar-refractivity contribution in [2.45, 2.75) is 56.5 Å². The second kappa shape index (κ2) is 5.89. The first-order chi connectivity index (χ1) is 8.52. The van der Waals surface area contributed by atoms with E-state index in [-0.39, 0.29) is 0 Å². The molecular formula is C15H31N3. The zero-order valence-corrected chi connectivity index (χ0v) is 12.5. The van der Waals surface area contributed by atoms with Crippen LogP contribution in [0.4, 0.5) is 0 Å². The smallest absolute Gasteiger partial charge is 0.0330 e. The third-order valence-corrected chi connectivity index (χ3v) is 5.26. The van der Waals surface area contributed by atoms with Crippen LogP contribution in [0.5, 0.6) is 0 Å². The van der Waals surface area contributed by atoms with Crippen LogP contribution in [0.25, 0.3) is 0 Å². The van der Waals surface area contributed by atoms with Gasteiger partial charge in [0, 0.05) is 24.7 Å². The molecule has 0 bridgehead atoms. The summed E-state index contributed by atoms with van der Waals surface area (Å²) in [6.07, 6.45) is 9.29. The summed E-state index contributed by atoms with van der Waals surface area (Å²) in [5.74, 6) is 0.883. The van der Waals surface area contributed by atoms with E-state index in [4.69, 9.17) is 5.73 Å². The Balaban J connectivity index is 1.76. The van der Waals surface area contributed by atoms with Gasteiger partial charge in [-0.15, -0.1) is 0 Å². The number of nitrogens with zero attached hydrogens (tertiary/aromatic N) is 2. The Morgan fingerprint density at radius 1 is 1.06 bits per heavy atom. The topological polar surface area (TPSA) is 32.5 Å². The van der Waals surface area contributed by atoms with Crippen molar-refractivity contribution in [1.82, 2.24) is 9.80 Å². The molecule has 3 nitrogen and oxygen atoms in total. The van der Waals surface area contributed by atoms with E-state index in [0.29, 0.717) is 11.6 Å². The number of nitrogens with two attached hydrogens (primary N) is 1. The number of hydrogen-bond acceptors (Lipinski definition) is 3. The van der Waals surface area contributed by atoms with Crippen LogP contribution in [-0.2, 0) is 0 Å². The fourth-order valence-corrected chi connectivity index (χ4v) is 3.71. The van der Waals surface area contributed by atoms with Gasteiger partial charge in [-0.05, 0) is 72.0 Å². The summed E-state index contributed by atoms with van der Waals surface area (Å²) in [4.78, 5) is 5.02. The highest BCUT2D eigenvalue weighted by Crippen LogP contribution is 2.37. The maximum atomic E-state index is 5.98. The fourth-order valence-electron chi connectivity index (χ4n) is 3.71. The van der Waals surface area contributed by atoms with E-state index in [1.807, 2.05) is 0 Å². The van der Waals surface area contributed by atoms with Crippen molar-refractivity contribution in [3.8, 4) is 0 Å². The van der Waals surface area contributed by atoms with E-state index in [1.165, 1.54) is 58.0 Å². The highest BCUT2D eigenvalue weighted by molar-refractivity contribution is 4.98. The number of likely N-dealkylation sites (N-methyl/N-ethyl adjacent to an activating group) is 2. The van der Waals surface area contributed by atoms with Crippen molar-refractivity contribution in [1.29, 1.82) is 0 Å². The molecule has 0 spiro atoms. The van der Waals surface area contributed by atoms with Crippen LogP contribution in [0.2, 0.25) is 0 Å². The van der Waals surface area contributed by atoms with Gasteiger partial charge in [-0.25, -0.2) is 0 Å². The molecule has 0 aromatic carbocycles. The van der Waals surface area contributed by atoms with Crippen LogP contribution in [0.15, 0.2) is 0 Å². The SMILES string of the molecule is CN(CC1CCC(N)CC1)CC1(N(C)C)CCC1. The Morgan fingerprint density at radius 2 is 1.67 bits per heavy atom. The Morgan fingerprint density at radius 3 is 2.11 bits per heavy atom. The van der Waals surface area contributed by atoms with Crippen LogP contribution < -0.4 is 5.73 Å². The molecule has 3 heteroatoms. The molecule has 0 aromatic rings. The molecule has 2 saturated carbocycles. The molecule has 0 radical (unpaired) electrons. The van der Waals surface area contributed by atoms with Crippen LogP contribution in [0.1, 0.15) is 44.9 Å². The molecule has 0 amide bonds. The standard InChI is InChI=1S/C15H31N3/c1-17(2)15(9-4-10-15)12-18(3)11-13-5-7-14(16)8-6-13/h13-14H,4-12,16H2,1-3H3. The minimum atomic E-state index is 0.472. The molecule has 0 saturated heterocycles. The second-order valence-corrected chi connectivity index (χ2v) is 6.95. The van der Waals surface area contributed by atoms with Gasteiger partial charge >= 0.3 is 0 Å². The van der Waals surface area contributed by atoms with E-state index >= 15 is 0 Å². The number of hydrogen-bond donors (Lipinski definition) is 1. The first-order valence-electron chi connectivity index (χ1n) is 7.63. The lowest BCUT2D eigenvalue weighted by molar-refractivity contribution is 0.0223. The Hall–Kier alpha value is -0.120. The van der Waals surface area contributed by atoms with Gasteiger partial charge in [0.25, 0.3) is 0 Å². The van der Waals surface area contributed by atoms with Gasteiger partial charge in [0.1, 0.15) is 0 Å². The summed E-state index contributed by atoms with van der Waals surface area (Å²) >= 11 is 0. The lowest BCUT2D eigenvalue weighted by Gasteiger charge is -2.49. The highest BCUT2D eigenvalue weighted by atomic mass is 15.2. The molecule has 0 aromatic heterocycles. The first kappa shape index (κ1) is 14.3. The Labute approximate surface area is 113 Å². The normalized spacial score (nSPS) is 31.7. The second-order valence-electron chi connectivity index (χ2n) is 6.95. The molecule has 0 unspecified atom stereocenters. The van der Waals surface area contributed by atoms with E-state index < -0.39 is 0 Å². The summed E-state index contributed by atoms with van der Waals surface area (Å²) < 4.78 is 0. The van der Waals surface area contributed by atoms with Crippen molar-refractivity contribution in [3.05, 3.63) is 0 Å². The predicted molar refractivity (Wildman–Crippen MR) is 77.7 cm³/mol. The van der Waals surface area contributed by atoms with Gasteiger partial charge in [0.15, 0.2) is 0 Å². The van der Waals surface area contributed by atoms with Gasteiger partial charge in [-0.2, -0.15) is 0 Å². The van der Waals surface area contributed by atoms with Crippen molar-refractivity contribution in [2.24, 2.45) is 11.7 Å². The maximum absolute atomic E-state index is 5.98. The average molecular weight is 253 g/mol. The molecule has 2 aliphatic carbocycles. The molecule has 0 aliphatic heterocycles. The van der Waals surface area contributed by atoms with E-state index in [1.54, 1.807) is 0 Å². The molecular weight excluding hydrogens is 222 g/mol. The van der Waals surface area contributed by atoms with E-state index in [9.17, 15) is 0 Å². The van der Waals surface area contributed by atoms with Gasteiger partial charge in [0.05, 0.1) is 0 Å². The lowest BCUT2D eigenvalue weighted by Crippen LogP contribution is -2.57. The van der Waals surface area contributed by atoms with Crippen LogP contribution >= 0.6 is 0 Å². The monoisotopic (exact) mass is 253 g/mol. The van der Waals surface area contributed by atoms with Crippen LogP contribution in [0, 0.1) is 5.92 Å². The fraction of sp³-hybridized carbons (Fsp3) is 1.00. The molecule has 0 atom stereocenters. The summed E-state index contributed by atoms with van der Waals surface area (Å²) in [5, 5.41) is 0. The summed E-state index contributed by atoms with van der Waals surface area (Å²) in [7, 11) is 6.79. The third kappa shape index (κ3) is 3.25. The summed E-state index contributed by atoms with van der Waals surface area (Å²) in [6, 6.07) is 0.478. The van der Waals surface area contributed by atoms with E-state index in [0.717, 1.165) is 5.92 Å². The lowest BCUT2D eigenvalue weighted by atomic mass is 9.75. The van der Waals surface area contributed by atoms with Crippen LogP contribution in [-0.4, -0.2) is 55.6 Å². The first-order valence-corrected chi connectivity index (χ1v) is 7.63. The van der Waals surface area contributed by atoms with Crippen molar-refractivity contribution in [3.63, 3.8) is 0 Å². The Bertz CT molecular complexity index is 252. The van der Waals surface area contributed by atoms with Gasteiger partial charge < -0.3 is 15.5 Å². The average Bonchev–Trinajstić information content (AvgIpc) is 2.26. The predicted octanol–water partition coefficient (Wildman–Crippen LogP) is 1.92. The zero-order chi connectivity index (χ0) is 13.2. The molecule has 106 valence electrons. The Kier molecular flexibility index (Phi) is 4.68. The maximum Gasteiger partial charge on any atom is 0.0330 e. The van der Waals surface area contributed by atoms with Gasteiger partial charge in [0.2, 0.25) is 0 Å². The van der Waals surface area contributed by atoms with Gasteiger partial charge in [-0.3, -0.25) is 0 Å². The third-order valence-electron chi connectivity index (χ3n) is 5.26. The van der Waals surface area contributed by atoms with Crippen molar-refractivity contribution < 1.29 is 0 Å². The molecule has 2 N–H and O–H groups in total. The van der Waals surface area contributed by atoms with Crippen LogP contribution in [0.3, 0.4) is 0 Å².